The van der Waals surface area contributed by atoms with Crippen molar-refractivity contribution < 1.29 is 0 Å². The van der Waals surface area contributed by atoms with E-state index in [1.54, 1.807) is 0 Å². The van der Waals surface area contributed by atoms with Crippen LogP contribution in [0.1, 0.15) is 17.9 Å². The fraction of sp³-hybridized carbons (Fsp3) is 0.0476. The second-order valence-electron chi connectivity index (χ2n) is 11.8. The lowest BCUT2D eigenvalue weighted by Gasteiger charge is -2.19. The highest BCUT2D eigenvalue weighted by Crippen LogP contribution is 2.39. The zero-order chi connectivity index (χ0) is 29.0. The molecule has 0 amide bonds. The van der Waals surface area contributed by atoms with Crippen LogP contribution in [0.25, 0.3) is 66.1 Å². The van der Waals surface area contributed by atoms with Gasteiger partial charge in [-0.1, -0.05) is 109 Å². The minimum atomic E-state index is 0.372. The fourth-order valence-corrected chi connectivity index (χ4v) is 7.19. The zero-order valence-electron chi connectivity index (χ0n) is 24.3. The monoisotopic (exact) mass is 562 g/mol. The van der Waals surface area contributed by atoms with Gasteiger partial charge in [-0.3, -0.25) is 0 Å². The molecule has 1 aliphatic rings. The summed E-state index contributed by atoms with van der Waals surface area (Å²) in [5, 5.41) is 5.10. The van der Waals surface area contributed by atoms with Gasteiger partial charge in [0.25, 0.3) is 0 Å². The summed E-state index contributed by atoms with van der Waals surface area (Å²) < 4.78 is 4.82. The molecular formula is C42H30N2. The van der Waals surface area contributed by atoms with E-state index in [4.69, 9.17) is 0 Å². The zero-order valence-corrected chi connectivity index (χ0v) is 24.3. The molecule has 2 heterocycles. The average molecular weight is 563 g/mol. The first-order valence-electron chi connectivity index (χ1n) is 15.4. The standard InChI is InChI=1S/C42H30N2/c1-3-12-29(13-4-1)30-14-11-17-34(26-30)44-40-21-10-8-19-36(40)38-28-32(23-25-42(38)44)31-22-24-41-37(27-31)35-18-7-9-20-39(35)43(41)33-15-5-2-6-16-33/h1-13,15-28,30H,14H2. The molecule has 0 spiro atoms. The number of fused-ring (bicyclic) bond motifs is 6. The van der Waals surface area contributed by atoms with Crippen LogP contribution in [0.15, 0.2) is 164 Å². The van der Waals surface area contributed by atoms with Gasteiger partial charge in [0, 0.05) is 38.8 Å². The summed E-state index contributed by atoms with van der Waals surface area (Å²) >= 11 is 0. The molecule has 6 aromatic carbocycles. The minimum Gasteiger partial charge on any atom is -0.310 e. The number of nitrogens with zero attached hydrogens (tertiary/aromatic N) is 2. The maximum absolute atomic E-state index is 2.44. The SMILES string of the molecule is C1=CC(n2c3ccccc3c3cc(-c4ccc5c(c4)c4ccccc4n5-c4ccccc4)ccc32)=CC(c2ccccc2)C1. The highest BCUT2D eigenvalue weighted by molar-refractivity contribution is 6.13. The van der Waals surface area contributed by atoms with E-state index in [1.165, 1.54) is 71.7 Å². The molecule has 2 heteroatoms. The third kappa shape index (κ3) is 3.88. The van der Waals surface area contributed by atoms with Crippen LogP contribution in [-0.4, -0.2) is 9.13 Å². The largest absolute Gasteiger partial charge is 0.310 e. The van der Waals surface area contributed by atoms with Gasteiger partial charge in [0.15, 0.2) is 0 Å². The van der Waals surface area contributed by atoms with Crippen molar-refractivity contribution in [3.05, 3.63) is 169 Å². The number of rotatable bonds is 4. The van der Waals surface area contributed by atoms with E-state index in [0.717, 1.165) is 6.42 Å². The third-order valence-electron chi connectivity index (χ3n) is 9.23. The van der Waals surface area contributed by atoms with Crippen molar-refractivity contribution in [2.24, 2.45) is 0 Å². The normalized spacial score (nSPS) is 15.0. The summed E-state index contributed by atoms with van der Waals surface area (Å²) in [6, 6.07) is 53.0. The number of allylic oxidation sites excluding steroid dienone is 4. The van der Waals surface area contributed by atoms with Gasteiger partial charge in [0.05, 0.1) is 22.1 Å². The van der Waals surface area contributed by atoms with Crippen molar-refractivity contribution in [1.29, 1.82) is 0 Å². The summed E-state index contributed by atoms with van der Waals surface area (Å²) in [5.74, 6) is 0.372. The molecule has 2 aromatic heterocycles. The summed E-state index contributed by atoms with van der Waals surface area (Å²) in [6.45, 7) is 0. The summed E-state index contributed by atoms with van der Waals surface area (Å²) in [4.78, 5) is 0. The van der Waals surface area contributed by atoms with E-state index in [1.807, 2.05) is 0 Å². The van der Waals surface area contributed by atoms with E-state index >= 15 is 0 Å². The van der Waals surface area contributed by atoms with Crippen LogP contribution in [-0.2, 0) is 0 Å². The predicted octanol–water partition coefficient (Wildman–Crippen LogP) is 11.1. The Labute approximate surface area is 256 Å². The molecule has 0 fully saturated rings. The van der Waals surface area contributed by atoms with Gasteiger partial charge in [-0.15, -0.1) is 0 Å². The number of aromatic nitrogens is 2. The molecule has 8 aromatic rings. The molecule has 1 aliphatic carbocycles. The Morgan fingerprint density at radius 1 is 0.455 bits per heavy atom. The van der Waals surface area contributed by atoms with Crippen LogP contribution in [0.2, 0.25) is 0 Å². The van der Waals surface area contributed by atoms with Gasteiger partial charge in [-0.25, -0.2) is 0 Å². The highest BCUT2D eigenvalue weighted by atomic mass is 15.0. The first kappa shape index (κ1) is 24.9. The molecular weight excluding hydrogens is 532 g/mol. The van der Waals surface area contributed by atoms with Crippen LogP contribution in [0.3, 0.4) is 0 Å². The molecule has 0 radical (unpaired) electrons. The number of para-hydroxylation sites is 3. The van der Waals surface area contributed by atoms with E-state index in [-0.39, 0.29) is 0 Å². The summed E-state index contributed by atoms with van der Waals surface area (Å²) in [6.07, 6.45) is 8.07. The van der Waals surface area contributed by atoms with Crippen molar-refractivity contribution in [3.8, 4) is 16.8 Å². The minimum absolute atomic E-state index is 0.372. The van der Waals surface area contributed by atoms with Crippen molar-refractivity contribution in [2.75, 3.05) is 0 Å². The molecule has 0 bridgehead atoms. The van der Waals surface area contributed by atoms with Crippen LogP contribution >= 0.6 is 0 Å². The molecule has 44 heavy (non-hydrogen) atoms. The van der Waals surface area contributed by atoms with E-state index in [0.29, 0.717) is 5.92 Å². The molecule has 1 unspecified atom stereocenters. The smallest absolute Gasteiger partial charge is 0.0541 e. The van der Waals surface area contributed by atoms with E-state index in [9.17, 15) is 0 Å². The molecule has 2 nitrogen and oxygen atoms in total. The number of hydrogen-bond donors (Lipinski definition) is 0. The predicted molar refractivity (Wildman–Crippen MR) is 186 cm³/mol. The maximum atomic E-state index is 2.44. The second kappa shape index (κ2) is 10.00. The molecule has 208 valence electrons. The molecule has 0 saturated carbocycles. The lowest BCUT2D eigenvalue weighted by Crippen LogP contribution is -2.03. The molecule has 0 N–H and O–H groups in total. The van der Waals surface area contributed by atoms with Crippen LogP contribution in [0.5, 0.6) is 0 Å². The van der Waals surface area contributed by atoms with Crippen LogP contribution in [0, 0.1) is 0 Å². The van der Waals surface area contributed by atoms with Gasteiger partial charge in [-0.05, 0) is 77.7 Å². The van der Waals surface area contributed by atoms with E-state index < -0.39 is 0 Å². The Balaban J connectivity index is 1.21. The average Bonchev–Trinajstić information content (AvgIpc) is 3.61. The van der Waals surface area contributed by atoms with Gasteiger partial charge in [0.2, 0.25) is 0 Å². The Morgan fingerprint density at radius 3 is 1.64 bits per heavy atom. The van der Waals surface area contributed by atoms with Gasteiger partial charge in [-0.2, -0.15) is 0 Å². The summed E-state index contributed by atoms with van der Waals surface area (Å²) in [5.41, 5.74) is 11.2. The van der Waals surface area contributed by atoms with Crippen molar-refractivity contribution in [1.82, 2.24) is 9.13 Å². The number of benzene rings is 6. The molecule has 9 rings (SSSR count). The number of hydrogen-bond acceptors (Lipinski definition) is 0. The Kier molecular flexibility index (Phi) is 5.67. The Bertz CT molecular complexity index is 2400. The molecule has 0 saturated heterocycles. The summed E-state index contributed by atoms with van der Waals surface area (Å²) in [7, 11) is 0. The van der Waals surface area contributed by atoms with Crippen molar-refractivity contribution >= 4 is 49.3 Å². The van der Waals surface area contributed by atoms with Crippen molar-refractivity contribution in [3.63, 3.8) is 0 Å². The van der Waals surface area contributed by atoms with Crippen molar-refractivity contribution in [2.45, 2.75) is 12.3 Å². The van der Waals surface area contributed by atoms with Crippen LogP contribution < -0.4 is 0 Å². The Hall–Kier alpha value is -5.60. The lowest BCUT2D eigenvalue weighted by atomic mass is 9.91. The van der Waals surface area contributed by atoms with E-state index in [2.05, 4.69) is 173 Å². The first-order valence-corrected chi connectivity index (χ1v) is 15.4. The first-order chi connectivity index (χ1) is 21.8. The lowest BCUT2D eigenvalue weighted by molar-refractivity contribution is 0.849. The van der Waals surface area contributed by atoms with Gasteiger partial charge in [0.1, 0.15) is 0 Å². The fourth-order valence-electron chi connectivity index (χ4n) is 7.19. The molecule has 0 aliphatic heterocycles. The van der Waals surface area contributed by atoms with Crippen LogP contribution in [0.4, 0.5) is 0 Å². The quantitative estimate of drug-likeness (QED) is 0.202. The maximum Gasteiger partial charge on any atom is 0.0541 e. The third-order valence-corrected chi connectivity index (χ3v) is 9.23. The highest BCUT2D eigenvalue weighted by Gasteiger charge is 2.18. The second-order valence-corrected chi connectivity index (χ2v) is 11.8. The van der Waals surface area contributed by atoms with Gasteiger partial charge < -0.3 is 9.13 Å². The topological polar surface area (TPSA) is 9.86 Å². The Morgan fingerprint density at radius 2 is 0.977 bits per heavy atom. The molecule has 1 atom stereocenters. The van der Waals surface area contributed by atoms with Gasteiger partial charge >= 0.3 is 0 Å².